The fourth-order valence-corrected chi connectivity index (χ4v) is 2.65. The van der Waals surface area contributed by atoms with Gasteiger partial charge in [0.1, 0.15) is 11.6 Å². The molecule has 0 radical (unpaired) electrons. The van der Waals surface area contributed by atoms with Crippen LogP contribution in [0.3, 0.4) is 0 Å². The Hall–Kier alpha value is -1.45. The maximum atomic E-state index is 13.9. The van der Waals surface area contributed by atoms with Crippen molar-refractivity contribution in [2.45, 2.75) is 19.9 Å². The van der Waals surface area contributed by atoms with E-state index in [9.17, 15) is 8.78 Å². The molecule has 0 amide bonds. The Kier molecular flexibility index (Phi) is 3.88. The average molecular weight is 282 g/mol. The van der Waals surface area contributed by atoms with Crippen LogP contribution in [0.2, 0.25) is 5.02 Å². The third-order valence-electron chi connectivity index (χ3n) is 3.18. The predicted octanol–water partition coefficient (Wildman–Crippen LogP) is 4.28. The molecule has 0 aliphatic carbocycles. The van der Waals surface area contributed by atoms with E-state index < -0.39 is 11.9 Å². The SMILES string of the molecule is Cc1cc(F)cc(C)c1C(N)c1c(F)cccc1Cl. The third-order valence-corrected chi connectivity index (χ3v) is 3.51. The van der Waals surface area contributed by atoms with Crippen LogP contribution >= 0.6 is 11.6 Å². The van der Waals surface area contributed by atoms with Gasteiger partial charge < -0.3 is 5.73 Å². The minimum absolute atomic E-state index is 0.238. The van der Waals surface area contributed by atoms with Crippen LogP contribution in [-0.2, 0) is 0 Å². The first-order chi connectivity index (χ1) is 8.91. The Morgan fingerprint density at radius 3 is 2.16 bits per heavy atom. The standard InChI is InChI=1S/C15H14ClF2N/c1-8-6-10(17)7-9(2)13(8)15(19)14-11(16)4-3-5-12(14)18/h3-7,15H,19H2,1-2H3. The molecule has 2 aromatic rings. The average Bonchev–Trinajstić information content (AvgIpc) is 2.26. The molecule has 0 spiro atoms. The summed E-state index contributed by atoms with van der Waals surface area (Å²) in [4.78, 5) is 0. The molecule has 1 atom stereocenters. The number of nitrogens with two attached hydrogens (primary N) is 1. The zero-order valence-electron chi connectivity index (χ0n) is 10.7. The normalized spacial score (nSPS) is 12.5. The molecule has 0 aliphatic rings. The van der Waals surface area contributed by atoms with Crippen LogP contribution in [0.1, 0.15) is 28.3 Å². The highest BCUT2D eigenvalue weighted by atomic mass is 35.5. The molecule has 1 nitrogen and oxygen atoms in total. The molecule has 0 bridgehead atoms. The number of hydrogen-bond donors (Lipinski definition) is 1. The number of aryl methyl sites for hydroxylation is 2. The maximum absolute atomic E-state index is 13.9. The van der Waals surface area contributed by atoms with Crippen LogP contribution in [0, 0.1) is 25.5 Å². The van der Waals surface area contributed by atoms with E-state index in [-0.39, 0.29) is 16.4 Å². The summed E-state index contributed by atoms with van der Waals surface area (Å²) >= 11 is 6.02. The van der Waals surface area contributed by atoms with E-state index in [1.54, 1.807) is 19.9 Å². The second-order valence-corrected chi connectivity index (χ2v) is 4.97. The molecular formula is C15H14ClF2N. The third kappa shape index (κ3) is 2.62. The lowest BCUT2D eigenvalue weighted by Gasteiger charge is -2.19. The Labute approximate surface area is 116 Å². The first-order valence-electron chi connectivity index (χ1n) is 5.88. The highest BCUT2D eigenvalue weighted by Crippen LogP contribution is 2.32. The quantitative estimate of drug-likeness (QED) is 0.873. The zero-order valence-corrected chi connectivity index (χ0v) is 11.4. The first kappa shape index (κ1) is 14.0. The lowest BCUT2D eigenvalue weighted by Crippen LogP contribution is -2.17. The summed E-state index contributed by atoms with van der Waals surface area (Å²) in [7, 11) is 0. The first-order valence-corrected chi connectivity index (χ1v) is 6.25. The van der Waals surface area contributed by atoms with Gasteiger partial charge in [0.05, 0.1) is 6.04 Å². The summed E-state index contributed by atoms with van der Waals surface area (Å²) in [6, 6.07) is 6.49. The fourth-order valence-electron chi connectivity index (χ4n) is 2.36. The number of rotatable bonds is 2. The van der Waals surface area contributed by atoms with E-state index in [2.05, 4.69) is 0 Å². The van der Waals surface area contributed by atoms with Crippen LogP contribution in [0.4, 0.5) is 8.78 Å². The molecule has 4 heteroatoms. The van der Waals surface area contributed by atoms with Gasteiger partial charge in [0, 0.05) is 10.6 Å². The van der Waals surface area contributed by atoms with Gasteiger partial charge in [-0.05, 0) is 54.8 Å². The number of halogens is 3. The van der Waals surface area contributed by atoms with E-state index in [1.165, 1.54) is 24.3 Å². The van der Waals surface area contributed by atoms with Gasteiger partial charge in [-0.1, -0.05) is 17.7 Å². The van der Waals surface area contributed by atoms with Crippen molar-refractivity contribution in [3.8, 4) is 0 Å². The molecule has 0 aliphatic heterocycles. The zero-order chi connectivity index (χ0) is 14.2. The van der Waals surface area contributed by atoms with E-state index in [4.69, 9.17) is 17.3 Å². The summed E-state index contributed by atoms with van der Waals surface area (Å²) in [5.74, 6) is -0.784. The van der Waals surface area contributed by atoms with Crippen molar-refractivity contribution in [3.05, 3.63) is 69.2 Å². The van der Waals surface area contributed by atoms with E-state index in [0.29, 0.717) is 16.7 Å². The summed E-state index contributed by atoms with van der Waals surface area (Å²) < 4.78 is 27.2. The summed E-state index contributed by atoms with van der Waals surface area (Å²) in [5.41, 5.74) is 8.43. The second-order valence-electron chi connectivity index (χ2n) is 4.57. The van der Waals surface area contributed by atoms with Crippen LogP contribution in [0.15, 0.2) is 30.3 Å². The van der Waals surface area contributed by atoms with Crippen molar-refractivity contribution in [1.29, 1.82) is 0 Å². The molecule has 2 N–H and O–H groups in total. The molecule has 1 unspecified atom stereocenters. The smallest absolute Gasteiger partial charge is 0.129 e. The molecule has 0 saturated carbocycles. The van der Waals surface area contributed by atoms with Gasteiger partial charge in [0.15, 0.2) is 0 Å². The number of benzene rings is 2. The van der Waals surface area contributed by atoms with Crippen molar-refractivity contribution < 1.29 is 8.78 Å². The Morgan fingerprint density at radius 2 is 1.63 bits per heavy atom. The molecule has 19 heavy (non-hydrogen) atoms. The van der Waals surface area contributed by atoms with Gasteiger partial charge in [-0.3, -0.25) is 0 Å². The van der Waals surface area contributed by atoms with Crippen LogP contribution in [0.25, 0.3) is 0 Å². The minimum atomic E-state index is -0.714. The monoisotopic (exact) mass is 281 g/mol. The highest BCUT2D eigenvalue weighted by Gasteiger charge is 2.20. The van der Waals surface area contributed by atoms with E-state index in [0.717, 1.165) is 0 Å². The molecule has 2 aromatic carbocycles. The molecule has 100 valence electrons. The van der Waals surface area contributed by atoms with Crippen molar-refractivity contribution in [3.63, 3.8) is 0 Å². The van der Waals surface area contributed by atoms with Crippen molar-refractivity contribution in [2.24, 2.45) is 5.73 Å². The van der Waals surface area contributed by atoms with Gasteiger partial charge in [-0.2, -0.15) is 0 Å². The van der Waals surface area contributed by atoms with Crippen molar-refractivity contribution >= 4 is 11.6 Å². The maximum Gasteiger partial charge on any atom is 0.129 e. The molecular weight excluding hydrogens is 268 g/mol. The number of hydrogen-bond acceptors (Lipinski definition) is 1. The Bertz CT molecular complexity index is 582. The molecule has 0 saturated heterocycles. The summed E-state index contributed by atoms with van der Waals surface area (Å²) in [5, 5.41) is 0.274. The molecule has 2 rings (SSSR count). The van der Waals surface area contributed by atoms with Gasteiger partial charge in [-0.15, -0.1) is 0 Å². The predicted molar refractivity (Wildman–Crippen MR) is 73.3 cm³/mol. The highest BCUT2D eigenvalue weighted by molar-refractivity contribution is 6.31. The minimum Gasteiger partial charge on any atom is -0.320 e. The van der Waals surface area contributed by atoms with Crippen LogP contribution < -0.4 is 5.73 Å². The summed E-state index contributed by atoms with van der Waals surface area (Å²) in [6.07, 6.45) is 0. The van der Waals surface area contributed by atoms with Crippen molar-refractivity contribution in [1.82, 2.24) is 0 Å². The Morgan fingerprint density at radius 1 is 1.05 bits per heavy atom. The van der Waals surface area contributed by atoms with Crippen LogP contribution in [0.5, 0.6) is 0 Å². The lowest BCUT2D eigenvalue weighted by atomic mass is 9.91. The van der Waals surface area contributed by atoms with Gasteiger partial charge in [0.25, 0.3) is 0 Å². The van der Waals surface area contributed by atoms with Crippen molar-refractivity contribution in [2.75, 3.05) is 0 Å². The molecule has 0 aromatic heterocycles. The lowest BCUT2D eigenvalue weighted by molar-refractivity contribution is 0.597. The molecule has 0 heterocycles. The molecule has 0 fully saturated rings. The summed E-state index contributed by atoms with van der Waals surface area (Å²) in [6.45, 7) is 3.50. The largest absolute Gasteiger partial charge is 0.320 e. The van der Waals surface area contributed by atoms with Gasteiger partial charge in [0.2, 0.25) is 0 Å². The second kappa shape index (κ2) is 5.27. The van der Waals surface area contributed by atoms with Gasteiger partial charge in [-0.25, -0.2) is 8.78 Å². The van der Waals surface area contributed by atoms with E-state index in [1.807, 2.05) is 0 Å². The van der Waals surface area contributed by atoms with E-state index >= 15 is 0 Å². The fraction of sp³-hybridized carbons (Fsp3) is 0.200. The Balaban J connectivity index is 2.60. The van der Waals surface area contributed by atoms with Crippen LogP contribution in [-0.4, -0.2) is 0 Å². The topological polar surface area (TPSA) is 26.0 Å². The van der Waals surface area contributed by atoms with Gasteiger partial charge >= 0.3 is 0 Å².